The number of anilines is 1. The third-order valence-corrected chi connectivity index (χ3v) is 4.54. The zero-order valence-electron chi connectivity index (χ0n) is 12.3. The number of nitrogens with one attached hydrogen (secondary N) is 1. The summed E-state index contributed by atoms with van der Waals surface area (Å²) in [6, 6.07) is 15.9. The first-order chi connectivity index (χ1) is 10.7. The molecule has 0 spiro atoms. The lowest BCUT2D eigenvalue weighted by Crippen LogP contribution is -2.11. The SMILES string of the molecule is CC(=O)Oc1ccccc1NCC1=Cc2ccccc2SC1. The van der Waals surface area contributed by atoms with Gasteiger partial charge in [0.05, 0.1) is 5.69 Å². The molecule has 3 nitrogen and oxygen atoms in total. The Morgan fingerprint density at radius 3 is 2.82 bits per heavy atom. The number of carbonyl (C=O) groups excluding carboxylic acids is 1. The normalized spacial score (nSPS) is 13.0. The second kappa shape index (κ2) is 6.71. The van der Waals surface area contributed by atoms with Gasteiger partial charge in [-0.05, 0) is 29.3 Å². The van der Waals surface area contributed by atoms with Crippen molar-refractivity contribution in [1.29, 1.82) is 0 Å². The molecule has 0 aliphatic carbocycles. The predicted octanol–water partition coefficient (Wildman–Crippen LogP) is 4.21. The van der Waals surface area contributed by atoms with E-state index < -0.39 is 0 Å². The minimum absolute atomic E-state index is 0.310. The van der Waals surface area contributed by atoms with Crippen LogP contribution < -0.4 is 10.1 Å². The monoisotopic (exact) mass is 311 g/mol. The van der Waals surface area contributed by atoms with Crippen LogP contribution in [-0.2, 0) is 4.79 Å². The largest absolute Gasteiger partial charge is 0.425 e. The molecule has 1 heterocycles. The van der Waals surface area contributed by atoms with E-state index in [9.17, 15) is 4.79 Å². The maximum Gasteiger partial charge on any atom is 0.308 e. The summed E-state index contributed by atoms with van der Waals surface area (Å²) < 4.78 is 5.22. The maximum atomic E-state index is 11.1. The first-order valence-electron chi connectivity index (χ1n) is 7.15. The molecule has 0 aromatic heterocycles. The molecule has 0 saturated heterocycles. The van der Waals surface area contributed by atoms with E-state index in [2.05, 4.69) is 35.7 Å². The molecule has 22 heavy (non-hydrogen) atoms. The fraction of sp³-hybridized carbons (Fsp3) is 0.167. The third-order valence-electron chi connectivity index (χ3n) is 3.34. The summed E-state index contributed by atoms with van der Waals surface area (Å²) in [5, 5.41) is 3.36. The van der Waals surface area contributed by atoms with Gasteiger partial charge >= 0.3 is 5.97 Å². The van der Waals surface area contributed by atoms with Gasteiger partial charge in [0.1, 0.15) is 0 Å². The van der Waals surface area contributed by atoms with E-state index in [1.165, 1.54) is 23.0 Å². The average Bonchev–Trinajstić information content (AvgIpc) is 2.53. The second-order valence-corrected chi connectivity index (χ2v) is 6.09. The molecule has 1 aliphatic rings. The van der Waals surface area contributed by atoms with Crippen LogP contribution in [-0.4, -0.2) is 18.3 Å². The minimum atomic E-state index is -0.310. The Bertz CT molecular complexity index is 725. The molecule has 2 aromatic carbocycles. The van der Waals surface area contributed by atoms with Crippen molar-refractivity contribution in [3.63, 3.8) is 0 Å². The van der Waals surface area contributed by atoms with Gasteiger partial charge in [0.15, 0.2) is 5.75 Å². The van der Waals surface area contributed by atoms with Crippen molar-refractivity contribution in [2.75, 3.05) is 17.6 Å². The maximum absolute atomic E-state index is 11.1. The van der Waals surface area contributed by atoms with Crippen LogP contribution in [0.4, 0.5) is 5.69 Å². The van der Waals surface area contributed by atoms with Crippen molar-refractivity contribution in [2.45, 2.75) is 11.8 Å². The van der Waals surface area contributed by atoms with Crippen LogP contribution in [0.15, 0.2) is 59.0 Å². The Morgan fingerprint density at radius 2 is 1.95 bits per heavy atom. The summed E-state index contributed by atoms with van der Waals surface area (Å²) in [6.45, 7) is 2.15. The molecule has 112 valence electrons. The molecule has 3 rings (SSSR count). The molecular weight excluding hydrogens is 294 g/mol. The van der Waals surface area contributed by atoms with Crippen molar-refractivity contribution >= 4 is 29.5 Å². The number of esters is 1. The van der Waals surface area contributed by atoms with E-state index in [0.29, 0.717) is 5.75 Å². The van der Waals surface area contributed by atoms with Gasteiger partial charge in [0.25, 0.3) is 0 Å². The summed E-state index contributed by atoms with van der Waals surface area (Å²) in [5.41, 5.74) is 3.42. The number of carbonyl (C=O) groups is 1. The molecule has 0 saturated carbocycles. The Hall–Kier alpha value is -2.20. The first-order valence-corrected chi connectivity index (χ1v) is 8.13. The van der Waals surface area contributed by atoms with Crippen LogP contribution in [0.1, 0.15) is 12.5 Å². The number of fused-ring (bicyclic) bond motifs is 1. The number of hydrogen-bond donors (Lipinski definition) is 1. The lowest BCUT2D eigenvalue weighted by Gasteiger charge is -2.17. The fourth-order valence-electron chi connectivity index (χ4n) is 2.33. The van der Waals surface area contributed by atoms with Crippen molar-refractivity contribution in [1.82, 2.24) is 0 Å². The van der Waals surface area contributed by atoms with Crippen molar-refractivity contribution in [3.05, 3.63) is 59.7 Å². The third kappa shape index (κ3) is 3.52. The van der Waals surface area contributed by atoms with Crippen LogP contribution >= 0.6 is 11.8 Å². The molecule has 1 N–H and O–H groups in total. The number of rotatable bonds is 4. The zero-order chi connectivity index (χ0) is 15.4. The van der Waals surface area contributed by atoms with Crippen molar-refractivity contribution < 1.29 is 9.53 Å². The first kappa shape index (κ1) is 14.7. The van der Waals surface area contributed by atoms with E-state index in [4.69, 9.17) is 4.74 Å². The molecule has 0 atom stereocenters. The Labute approximate surface area is 134 Å². The van der Waals surface area contributed by atoms with Gasteiger partial charge in [-0.1, -0.05) is 36.4 Å². The highest BCUT2D eigenvalue weighted by Gasteiger charge is 2.11. The lowest BCUT2D eigenvalue weighted by molar-refractivity contribution is -0.131. The Kier molecular flexibility index (Phi) is 4.49. The summed E-state index contributed by atoms with van der Waals surface area (Å²) in [6.07, 6.45) is 2.23. The summed E-state index contributed by atoms with van der Waals surface area (Å²) >= 11 is 1.85. The van der Waals surface area contributed by atoms with Gasteiger partial charge in [-0.25, -0.2) is 0 Å². The van der Waals surface area contributed by atoms with Gasteiger partial charge in [0.2, 0.25) is 0 Å². The minimum Gasteiger partial charge on any atom is -0.425 e. The molecule has 1 aliphatic heterocycles. The number of hydrogen-bond acceptors (Lipinski definition) is 4. The molecular formula is C18H17NO2S. The Balaban J connectivity index is 1.71. The fourth-order valence-corrected chi connectivity index (χ4v) is 3.33. The van der Waals surface area contributed by atoms with Crippen LogP contribution in [0, 0.1) is 0 Å². The quantitative estimate of drug-likeness (QED) is 0.678. The molecule has 0 fully saturated rings. The summed E-state index contributed by atoms with van der Waals surface area (Å²) in [7, 11) is 0. The molecule has 0 radical (unpaired) electrons. The molecule has 2 aromatic rings. The van der Waals surface area contributed by atoms with E-state index in [1.807, 2.05) is 30.0 Å². The number of ether oxygens (including phenoxy) is 1. The van der Waals surface area contributed by atoms with Gasteiger partial charge in [-0.2, -0.15) is 0 Å². The topological polar surface area (TPSA) is 38.3 Å². The number of para-hydroxylation sites is 2. The highest BCUT2D eigenvalue weighted by atomic mass is 32.2. The van der Waals surface area contributed by atoms with Crippen molar-refractivity contribution in [3.8, 4) is 5.75 Å². The van der Waals surface area contributed by atoms with Crippen LogP contribution in [0.5, 0.6) is 5.75 Å². The van der Waals surface area contributed by atoms with E-state index in [-0.39, 0.29) is 5.97 Å². The van der Waals surface area contributed by atoms with E-state index in [0.717, 1.165) is 18.0 Å². The average molecular weight is 311 g/mol. The number of thioether (sulfide) groups is 1. The molecule has 0 bridgehead atoms. The predicted molar refractivity (Wildman–Crippen MR) is 91.4 cm³/mol. The van der Waals surface area contributed by atoms with E-state index >= 15 is 0 Å². The van der Waals surface area contributed by atoms with Gasteiger partial charge in [0, 0.05) is 24.1 Å². The van der Waals surface area contributed by atoms with Crippen LogP contribution in [0.25, 0.3) is 6.08 Å². The summed E-state index contributed by atoms with van der Waals surface area (Å²) in [5.74, 6) is 1.23. The van der Waals surface area contributed by atoms with Crippen LogP contribution in [0.2, 0.25) is 0 Å². The molecule has 0 unspecified atom stereocenters. The highest BCUT2D eigenvalue weighted by molar-refractivity contribution is 7.99. The lowest BCUT2D eigenvalue weighted by atomic mass is 10.1. The summed E-state index contributed by atoms with van der Waals surface area (Å²) in [4.78, 5) is 12.5. The smallest absolute Gasteiger partial charge is 0.308 e. The second-order valence-electron chi connectivity index (χ2n) is 5.07. The van der Waals surface area contributed by atoms with Gasteiger partial charge in [-0.3, -0.25) is 4.79 Å². The van der Waals surface area contributed by atoms with Crippen LogP contribution in [0.3, 0.4) is 0 Å². The van der Waals surface area contributed by atoms with Crippen molar-refractivity contribution in [2.24, 2.45) is 0 Å². The standard InChI is InChI=1S/C18H17NO2S/c1-13(20)21-17-8-4-3-7-16(17)19-11-14-10-15-6-2-5-9-18(15)22-12-14/h2-10,19H,11-12H2,1H3. The highest BCUT2D eigenvalue weighted by Crippen LogP contribution is 2.32. The zero-order valence-corrected chi connectivity index (χ0v) is 13.2. The van der Waals surface area contributed by atoms with E-state index in [1.54, 1.807) is 6.07 Å². The van der Waals surface area contributed by atoms with Gasteiger partial charge in [-0.15, -0.1) is 11.8 Å². The molecule has 4 heteroatoms. The Morgan fingerprint density at radius 1 is 1.18 bits per heavy atom. The number of benzene rings is 2. The van der Waals surface area contributed by atoms with Gasteiger partial charge < -0.3 is 10.1 Å². The molecule has 0 amide bonds.